The zero-order valence-electron chi connectivity index (χ0n) is 11.8. The molecule has 2 heterocycles. The van der Waals surface area contributed by atoms with Crippen LogP contribution in [0.1, 0.15) is 48.9 Å². The Balaban J connectivity index is 2.24. The number of rotatable bonds is 3. The number of hydrogen-bond donors (Lipinski definition) is 1. The van der Waals surface area contributed by atoms with Gasteiger partial charge in [-0.25, -0.2) is 0 Å². The molecule has 20 heavy (non-hydrogen) atoms. The van der Waals surface area contributed by atoms with Crippen molar-refractivity contribution in [2.75, 3.05) is 13.1 Å². The van der Waals surface area contributed by atoms with E-state index in [1.165, 1.54) is 17.0 Å². The molecule has 0 unspecified atom stereocenters. The summed E-state index contributed by atoms with van der Waals surface area (Å²) in [6.45, 7) is 1.37. The maximum Gasteiger partial charge on any atom is 0.319 e. The van der Waals surface area contributed by atoms with Crippen molar-refractivity contribution in [3.8, 4) is 0 Å². The zero-order chi connectivity index (χ0) is 14.9. The van der Waals surface area contributed by atoms with Crippen molar-refractivity contribution in [2.45, 2.75) is 45.3 Å². The van der Waals surface area contributed by atoms with E-state index < -0.39 is 18.1 Å². The normalized spacial score (nSPS) is 23.4. The first-order chi connectivity index (χ1) is 9.38. The van der Waals surface area contributed by atoms with E-state index in [0.717, 1.165) is 4.57 Å². The summed E-state index contributed by atoms with van der Waals surface area (Å²) >= 11 is 0. The van der Waals surface area contributed by atoms with Gasteiger partial charge in [-0.1, -0.05) is 6.92 Å². The first kappa shape index (κ1) is 15.0. The summed E-state index contributed by atoms with van der Waals surface area (Å²) < 4.78 is 26.8. The third kappa shape index (κ3) is 2.70. The van der Waals surface area contributed by atoms with E-state index in [1.807, 2.05) is 6.92 Å². The van der Waals surface area contributed by atoms with E-state index in [0.29, 0.717) is 31.5 Å². The highest BCUT2D eigenvalue weighted by Gasteiger charge is 2.35. The highest BCUT2D eigenvalue weighted by molar-refractivity contribution is 5.93. The fourth-order valence-corrected chi connectivity index (χ4v) is 2.72. The summed E-state index contributed by atoms with van der Waals surface area (Å²) in [6.07, 6.45) is 1.87. The van der Waals surface area contributed by atoms with Crippen molar-refractivity contribution in [1.82, 2.24) is 9.47 Å². The number of aliphatic hydroxyl groups is 1. The average Bonchev–Trinajstić information content (AvgIpc) is 2.80. The molecule has 6 heteroatoms. The van der Waals surface area contributed by atoms with E-state index >= 15 is 0 Å². The van der Waals surface area contributed by atoms with Crippen LogP contribution < -0.4 is 0 Å². The molecule has 1 amide bonds. The lowest BCUT2D eigenvalue weighted by Crippen LogP contribution is -2.50. The molecule has 1 aliphatic heterocycles. The molecule has 0 spiro atoms. The van der Waals surface area contributed by atoms with E-state index in [1.54, 1.807) is 6.92 Å². The molecule has 1 saturated heterocycles. The van der Waals surface area contributed by atoms with Crippen LogP contribution in [0.4, 0.5) is 8.78 Å². The molecule has 1 aliphatic rings. The molecular formula is C14H20F2N2O2. The van der Waals surface area contributed by atoms with Gasteiger partial charge < -0.3 is 10.0 Å². The lowest BCUT2D eigenvalue weighted by Gasteiger charge is -2.38. The van der Waals surface area contributed by atoms with Crippen molar-refractivity contribution in [3.05, 3.63) is 23.5 Å². The highest BCUT2D eigenvalue weighted by Crippen LogP contribution is 2.27. The van der Waals surface area contributed by atoms with Crippen LogP contribution in [0, 0.1) is 6.92 Å². The predicted molar refractivity (Wildman–Crippen MR) is 70.8 cm³/mol. The predicted octanol–water partition coefficient (Wildman–Crippen LogP) is 2.57. The minimum atomic E-state index is -2.74. The number of amides is 1. The molecule has 1 atom stereocenters. The number of aromatic nitrogens is 1. The summed E-state index contributed by atoms with van der Waals surface area (Å²) in [5.41, 5.74) is -0.561. The number of carbonyl (C=O) groups excluding carboxylic acids is 1. The zero-order valence-corrected chi connectivity index (χ0v) is 11.8. The molecule has 0 radical (unpaired) electrons. The van der Waals surface area contributed by atoms with Crippen molar-refractivity contribution in [2.24, 2.45) is 0 Å². The Morgan fingerprint density at radius 2 is 2.20 bits per heavy atom. The third-order valence-electron chi connectivity index (χ3n) is 4.04. The molecule has 112 valence electrons. The molecule has 0 aliphatic carbocycles. The van der Waals surface area contributed by atoms with Gasteiger partial charge in [-0.15, -0.1) is 0 Å². The van der Waals surface area contributed by atoms with Crippen LogP contribution in [-0.4, -0.2) is 39.2 Å². The van der Waals surface area contributed by atoms with Gasteiger partial charge in [0.2, 0.25) is 0 Å². The molecule has 1 aromatic heterocycles. The number of piperidine rings is 1. The smallest absolute Gasteiger partial charge is 0.319 e. The van der Waals surface area contributed by atoms with Crippen LogP contribution in [0.2, 0.25) is 0 Å². The Hall–Kier alpha value is -1.43. The fraction of sp³-hybridized carbons (Fsp3) is 0.643. The second-order valence-electron chi connectivity index (χ2n) is 5.42. The summed E-state index contributed by atoms with van der Waals surface area (Å²) in [5, 5.41) is 10.3. The first-order valence-electron chi connectivity index (χ1n) is 6.85. The Kier molecular flexibility index (Phi) is 4.13. The van der Waals surface area contributed by atoms with Crippen LogP contribution >= 0.6 is 0 Å². The highest BCUT2D eigenvalue weighted by atomic mass is 19.3. The number of β-amino-alcohol motifs (C(OH)–C–C–N with tert-alkyl or cyclic N) is 1. The van der Waals surface area contributed by atoms with Gasteiger partial charge in [-0.05, 0) is 38.3 Å². The van der Waals surface area contributed by atoms with Crippen LogP contribution in [-0.2, 0) is 0 Å². The average molecular weight is 286 g/mol. The van der Waals surface area contributed by atoms with Crippen LogP contribution in [0.15, 0.2) is 12.1 Å². The molecule has 1 N–H and O–H groups in total. The number of hydrogen-bond acceptors (Lipinski definition) is 2. The Morgan fingerprint density at radius 1 is 1.50 bits per heavy atom. The summed E-state index contributed by atoms with van der Waals surface area (Å²) in [4.78, 5) is 13.9. The SMILES string of the molecule is CC[C@@]1(O)CCCN(C(=O)c2ccc(C)n2C(F)F)C1. The van der Waals surface area contributed by atoms with Gasteiger partial charge in [-0.2, -0.15) is 8.78 Å². The third-order valence-corrected chi connectivity index (χ3v) is 4.04. The van der Waals surface area contributed by atoms with Gasteiger partial charge >= 0.3 is 6.55 Å². The van der Waals surface area contributed by atoms with E-state index in [2.05, 4.69) is 0 Å². The van der Waals surface area contributed by atoms with E-state index in [4.69, 9.17) is 0 Å². The van der Waals surface area contributed by atoms with Crippen molar-refractivity contribution in [1.29, 1.82) is 0 Å². The molecule has 0 saturated carbocycles. The van der Waals surface area contributed by atoms with Crippen molar-refractivity contribution < 1.29 is 18.7 Å². The number of likely N-dealkylation sites (tertiary alicyclic amines) is 1. The van der Waals surface area contributed by atoms with Crippen LogP contribution in [0.3, 0.4) is 0 Å². The minimum absolute atomic E-state index is 0.0159. The lowest BCUT2D eigenvalue weighted by molar-refractivity contribution is -0.0278. The fourth-order valence-electron chi connectivity index (χ4n) is 2.72. The minimum Gasteiger partial charge on any atom is -0.388 e. The van der Waals surface area contributed by atoms with Gasteiger partial charge in [0, 0.05) is 18.8 Å². The maximum absolute atomic E-state index is 13.0. The molecule has 0 bridgehead atoms. The maximum atomic E-state index is 13.0. The van der Waals surface area contributed by atoms with E-state index in [9.17, 15) is 18.7 Å². The topological polar surface area (TPSA) is 45.5 Å². The molecule has 1 fully saturated rings. The molecule has 2 rings (SSSR count). The van der Waals surface area contributed by atoms with Crippen molar-refractivity contribution in [3.63, 3.8) is 0 Å². The lowest BCUT2D eigenvalue weighted by atomic mass is 9.90. The van der Waals surface area contributed by atoms with Gasteiger partial charge in [0.25, 0.3) is 5.91 Å². The van der Waals surface area contributed by atoms with Gasteiger partial charge in [0.05, 0.1) is 5.60 Å². The van der Waals surface area contributed by atoms with E-state index in [-0.39, 0.29) is 12.2 Å². The summed E-state index contributed by atoms with van der Waals surface area (Å²) in [5.74, 6) is -0.440. The first-order valence-corrected chi connectivity index (χ1v) is 6.85. The Bertz CT molecular complexity index is 501. The van der Waals surface area contributed by atoms with Gasteiger partial charge in [-0.3, -0.25) is 9.36 Å². The second-order valence-corrected chi connectivity index (χ2v) is 5.42. The quantitative estimate of drug-likeness (QED) is 0.928. The van der Waals surface area contributed by atoms with Gasteiger partial charge in [0.15, 0.2) is 0 Å². The number of alkyl halides is 2. The van der Waals surface area contributed by atoms with Crippen molar-refractivity contribution >= 4 is 5.91 Å². The largest absolute Gasteiger partial charge is 0.388 e. The molecule has 4 nitrogen and oxygen atoms in total. The molecular weight excluding hydrogens is 266 g/mol. The Labute approximate surface area is 117 Å². The van der Waals surface area contributed by atoms with Crippen LogP contribution in [0.5, 0.6) is 0 Å². The standard InChI is InChI=1S/C14H20F2N2O2/c1-3-14(20)7-4-8-17(9-14)12(19)11-6-5-10(2)18(11)13(15)16/h5-6,13,20H,3-4,7-9H2,1-2H3/t14-/m1/s1. The number of nitrogens with zero attached hydrogens (tertiary/aromatic N) is 2. The Morgan fingerprint density at radius 3 is 2.80 bits per heavy atom. The monoisotopic (exact) mass is 286 g/mol. The molecule has 0 aromatic carbocycles. The summed E-state index contributed by atoms with van der Waals surface area (Å²) in [7, 11) is 0. The number of halogens is 2. The second kappa shape index (κ2) is 5.52. The summed E-state index contributed by atoms with van der Waals surface area (Å²) in [6, 6.07) is 2.93. The van der Waals surface area contributed by atoms with Crippen LogP contribution in [0.25, 0.3) is 0 Å². The number of aryl methyl sites for hydroxylation is 1. The molecule has 1 aromatic rings. The van der Waals surface area contributed by atoms with Gasteiger partial charge in [0.1, 0.15) is 5.69 Å². The number of carbonyl (C=O) groups is 1.